The van der Waals surface area contributed by atoms with E-state index in [1.54, 1.807) is 24.3 Å². The number of halogens is 3. The quantitative estimate of drug-likeness (QED) is 0.740. The summed E-state index contributed by atoms with van der Waals surface area (Å²) in [6.07, 6.45) is -6.07. The number of aromatic nitrogens is 2. The number of hydrogen-bond donors (Lipinski definition) is 1. The van der Waals surface area contributed by atoms with Crippen LogP contribution in [0.4, 0.5) is 24.9 Å². The molecule has 0 saturated carbocycles. The molecule has 0 spiro atoms. The first kappa shape index (κ1) is 22.4. The maximum Gasteiger partial charge on any atom is 0.408 e. The van der Waals surface area contributed by atoms with Gasteiger partial charge >= 0.3 is 6.18 Å². The molecule has 4 rings (SSSR count). The van der Waals surface area contributed by atoms with Crippen molar-refractivity contribution in [1.82, 2.24) is 9.55 Å². The number of morpholine rings is 1. The highest BCUT2D eigenvalue weighted by Gasteiger charge is 2.47. The van der Waals surface area contributed by atoms with Gasteiger partial charge in [-0.1, -0.05) is 12.1 Å². The van der Waals surface area contributed by atoms with Gasteiger partial charge in [-0.05, 0) is 24.1 Å². The van der Waals surface area contributed by atoms with E-state index in [-0.39, 0.29) is 25.5 Å². The molecule has 0 radical (unpaired) electrons. The predicted octanol–water partition coefficient (Wildman–Crippen LogP) is 1.96. The number of ether oxygens (including phenoxy) is 2. The monoisotopic (exact) mass is 454 g/mol. The van der Waals surface area contributed by atoms with Gasteiger partial charge < -0.3 is 24.4 Å². The maximum absolute atomic E-state index is 13.9. The number of fused-ring (bicyclic) bond motifs is 1. The second kappa shape index (κ2) is 8.99. The number of aliphatic hydroxyl groups is 1. The number of aliphatic hydroxyl groups excluding tert-OH is 1. The topological polar surface area (TPSA) is 80.1 Å². The molecular formula is C21H25F3N4O4. The molecule has 1 aromatic carbocycles. The third kappa shape index (κ3) is 4.53. The zero-order valence-corrected chi connectivity index (χ0v) is 17.6. The lowest BCUT2D eigenvalue weighted by Gasteiger charge is -2.40. The van der Waals surface area contributed by atoms with Crippen LogP contribution in [0.5, 0.6) is 5.75 Å². The molecule has 0 aliphatic carbocycles. The van der Waals surface area contributed by atoms with Crippen molar-refractivity contribution >= 4 is 11.8 Å². The smallest absolute Gasteiger partial charge is 0.408 e. The summed E-state index contributed by atoms with van der Waals surface area (Å²) in [5.41, 5.74) is 0.0246. The molecule has 2 atom stereocenters. The Balaban J connectivity index is 1.70. The molecule has 2 aromatic rings. The van der Waals surface area contributed by atoms with Crippen LogP contribution in [0.2, 0.25) is 0 Å². The van der Waals surface area contributed by atoms with Gasteiger partial charge in [0.15, 0.2) is 0 Å². The van der Waals surface area contributed by atoms with Gasteiger partial charge in [0.2, 0.25) is 5.95 Å². The van der Waals surface area contributed by atoms with E-state index in [0.717, 1.165) is 4.90 Å². The predicted molar refractivity (Wildman–Crippen MR) is 111 cm³/mol. The van der Waals surface area contributed by atoms with Gasteiger partial charge in [0.05, 0.1) is 33.0 Å². The van der Waals surface area contributed by atoms with Crippen LogP contribution < -0.4 is 20.1 Å². The third-order valence-electron chi connectivity index (χ3n) is 5.82. The number of alkyl halides is 3. The third-order valence-corrected chi connectivity index (χ3v) is 5.82. The molecule has 0 unspecified atom stereocenters. The second-order valence-electron chi connectivity index (χ2n) is 7.79. The molecule has 1 N–H and O–H groups in total. The summed E-state index contributed by atoms with van der Waals surface area (Å²) < 4.78 is 53.4. The van der Waals surface area contributed by atoms with Crippen LogP contribution in [0.3, 0.4) is 0 Å². The molecular weight excluding hydrogens is 429 g/mol. The highest BCUT2D eigenvalue weighted by Crippen LogP contribution is 2.35. The molecule has 2 aliphatic rings. The van der Waals surface area contributed by atoms with Crippen molar-refractivity contribution in [2.75, 3.05) is 49.8 Å². The summed E-state index contributed by atoms with van der Waals surface area (Å²) in [7, 11) is 1.50. The minimum atomic E-state index is -4.54. The van der Waals surface area contributed by atoms with Crippen LogP contribution in [0.25, 0.3) is 0 Å². The van der Waals surface area contributed by atoms with Gasteiger partial charge in [-0.3, -0.25) is 9.36 Å². The van der Waals surface area contributed by atoms with Crippen molar-refractivity contribution in [3.63, 3.8) is 0 Å². The normalized spacial score (nSPS) is 20.1. The van der Waals surface area contributed by atoms with Crippen molar-refractivity contribution in [2.24, 2.45) is 0 Å². The van der Waals surface area contributed by atoms with Gasteiger partial charge in [-0.25, -0.2) is 0 Å². The molecule has 2 aliphatic heterocycles. The van der Waals surface area contributed by atoms with Crippen LogP contribution in [-0.2, 0) is 11.3 Å². The molecule has 32 heavy (non-hydrogen) atoms. The van der Waals surface area contributed by atoms with Gasteiger partial charge in [-0.15, -0.1) is 0 Å². The first-order chi connectivity index (χ1) is 15.3. The van der Waals surface area contributed by atoms with E-state index in [0.29, 0.717) is 43.4 Å². The fourth-order valence-electron chi connectivity index (χ4n) is 4.08. The first-order valence-electron chi connectivity index (χ1n) is 10.4. The van der Waals surface area contributed by atoms with Crippen molar-refractivity contribution < 1.29 is 27.8 Å². The largest absolute Gasteiger partial charge is 0.497 e. The zero-order valence-electron chi connectivity index (χ0n) is 17.6. The van der Waals surface area contributed by atoms with Crippen molar-refractivity contribution in [3.05, 3.63) is 46.2 Å². The van der Waals surface area contributed by atoms with Crippen LogP contribution in [0, 0.1) is 0 Å². The molecule has 11 heteroatoms. The minimum absolute atomic E-state index is 0.0832. The van der Waals surface area contributed by atoms with E-state index in [1.807, 2.05) is 4.90 Å². The molecule has 8 nitrogen and oxygen atoms in total. The average Bonchev–Trinajstić information content (AvgIpc) is 2.79. The summed E-state index contributed by atoms with van der Waals surface area (Å²) >= 11 is 0. The van der Waals surface area contributed by atoms with E-state index in [4.69, 9.17) is 9.47 Å². The number of rotatable bonds is 5. The molecule has 1 aromatic heterocycles. The average molecular weight is 454 g/mol. The Morgan fingerprint density at radius 3 is 2.53 bits per heavy atom. The lowest BCUT2D eigenvalue weighted by Crippen LogP contribution is -2.53. The van der Waals surface area contributed by atoms with E-state index in [2.05, 4.69) is 4.98 Å². The second-order valence-corrected chi connectivity index (χ2v) is 7.79. The lowest BCUT2D eigenvalue weighted by molar-refractivity contribution is -0.153. The van der Waals surface area contributed by atoms with E-state index >= 15 is 0 Å². The number of methoxy groups -OCH3 is 1. The number of hydrogen-bond acceptors (Lipinski definition) is 7. The van der Waals surface area contributed by atoms with Crippen LogP contribution in [0.15, 0.2) is 35.1 Å². The summed E-state index contributed by atoms with van der Waals surface area (Å²) in [5.74, 6) is 0.803. The van der Waals surface area contributed by atoms with E-state index < -0.39 is 23.9 Å². The summed E-state index contributed by atoms with van der Waals surface area (Å²) in [6, 6.07) is 5.94. The first-order valence-corrected chi connectivity index (χ1v) is 10.4. The van der Waals surface area contributed by atoms with Crippen LogP contribution in [-0.4, -0.2) is 66.8 Å². The molecule has 1 fully saturated rings. The maximum atomic E-state index is 13.9. The number of nitrogens with zero attached hydrogens (tertiary/aromatic N) is 4. The Labute approximate surface area is 182 Å². The Morgan fingerprint density at radius 1 is 1.22 bits per heavy atom. The fourth-order valence-corrected chi connectivity index (χ4v) is 4.08. The summed E-state index contributed by atoms with van der Waals surface area (Å²) in [4.78, 5) is 20.0. The SMILES string of the molecule is COc1ccc([C@@H](O)CN2c3nc(N4CCOCC4)cc(=O)n3CC[C@@H]2C(F)(F)F)cc1. The number of β-amino-alcohol motifs (C(OH)–C–C–N with tert-alkyl or cyclic N) is 1. The molecule has 0 bridgehead atoms. The van der Waals surface area contributed by atoms with Gasteiger partial charge in [0.25, 0.3) is 5.56 Å². The van der Waals surface area contributed by atoms with Gasteiger partial charge in [-0.2, -0.15) is 18.2 Å². The van der Waals surface area contributed by atoms with E-state index in [9.17, 15) is 23.1 Å². The Hall–Kier alpha value is -2.79. The minimum Gasteiger partial charge on any atom is -0.497 e. The van der Waals surface area contributed by atoms with Gasteiger partial charge in [0, 0.05) is 25.7 Å². The fraction of sp³-hybridized carbons (Fsp3) is 0.524. The number of anilines is 2. The lowest BCUT2D eigenvalue weighted by atomic mass is 10.1. The Morgan fingerprint density at radius 2 is 1.91 bits per heavy atom. The molecule has 0 amide bonds. The summed E-state index contributed by atoms with van der Waals surface area (Å²) in [6.45, 7) is 1.43. The highest BCUT2D eigenvalue weighted by molar-refractivity contribution is 5.47. The standard InChI is InChI=1S/C21H25F3N4O4/c1-31-15-4-2-14(3-5-15)16(29)13-28-17(21(22,23)24)6-7-27-19(30)12-18(25-20(27)28)26-8-10-32-11-9-26/h2-5,12,16-17,29H,6-11,13H2,1H3/t16-,17+/m0/s1. The highest BCUT2D eigenvalue weighted by atomic mass is 19.4. The van der Waals surface area contributed by atoms with Gasteiger partial charge in [0.1, 0.15) is 17.6 Å². The molecule has 3 heterocycles. The van der Waals surface area contributed by atoms with Crippen molar-refractivity contribution in [3.8, 4) is 5.75 Å². The van der Waals surface area contributed by atoms with Crippen molar-refractivity contribution in [1.29, 1.82) is 0 Å². The Kier molecular flexibility index (Phi) is 6.29. The van der Waals surface area contributed by atoms with E-state index in [1.165, 1.54) is 17.7 Å². The Bertz CT molecular complexity index is 990. The molecule has 1 saturated heterocycles. The number of benzene rings is 1. The van der Waals surface area contributed by atoms with Crippen molar-refractivity contribution in [2.45, 2.75) is 31.3 Å². The van der Waals surface area contributed by atoms with Crippen LogP contribution in [0.1, 0.15) is 18.1 Å². The summed E-state index contributed by atoms with van der Waals surface area (Å²) in [5, 5.41) is 10.7. The van der Waals surface area contributed by atoms with Crippen LogP contribution >= 0.6 is 0 Å². The zero-order chi connectivity index (χ0) is 22.9. The molecule has 174 valence electrons.